The predicted molar refractivity (Wildman–Crippen MR) is 118 cm³/mol. The molecule has 1 aliphatic rings. The van der Waals surface area contributed by atoms with E-state index in [9.17, 15) is 18.0 Å². The van der Waals surface area contributed by atoms with E-state index in [4.69, 9.17) is 0 Å². The van der Waals surface area contributed by atoms with Crippen molar-refractivity contribution in [3.8, 4) is 0 Å². The fraction of sp³-hybridized carbons (Fsp3) is 0.273. The molecule has 0 atom stereocenters. The van der Waals surface area contributed by atoms with Gasteiger partial charge in [-0.05, 0) is 49.6 Å². The molecule has 0 radical (unpaired) electrons. The van der Waals surface area contributed by atoms with Crippen LogP contribution in [0.15, 0.2) is 55.1 Å². The maximum atomic E-state index is 12.9. The standard InChI is InChI=1S/C22H25N3O4S/c1-3-12-23-22(27)18-8-4-5-9-19(18)24-21(26)17-11-10-16(2)20(15-17)25-13-6-7-14-30(25,28)29/h3-5,8-11,15H,1,6-7,12-14H2,2H3,(H,23,27)(H,24,26). The minimum atomic E-state index is -3.39. The molecule has 0 unspecified atom stereocenters. The molecule has 1 fully saturated rings. The van der Waals surface area contributed by atoms with Crippen LogP contribution in [0, 0.1) is 6.92 Å². The molecule has 0 spiro atoms. The number of anilines is 2. The van der Waals surface area contributed by atoms with Crippen molar-refractivity contribution in [1.29, 1.82) is 0 Å². The van der Waals surface area contributed by atoms with Crippen LogP contribution in [0.5, 0.6) is 0 Å². The summed E-state index contributed by atoms with van der Waals surface area (Å²) in [5, 5.41) is 5.45. The molecule has 0 aliphatic carbocycles. The number of amides is 2. The molecule has 3 rings (SSSR count). The Morgan fingerprint density at radius 1 is 1.13 bits per heavy atom. The summed E-state index contributed by atoms with van der Waals surface area (Å²) in [6.07, 6.45) is 2.99. The van der Waals surface area contributed by atoms with Crippen LogP contribution in [-0.4, -0.2) is 39.1 Å². The number of nitrogens with zero attached hydrogens (tertiary/aromatic N) is 1. The molecule has 1 saturated heterocycles. The molecule has 0 bridgehead atoms. The van der Waals surface area contributed by atoms with Crippen LogP contribution in [0.2, 0.25) is 0 Å². The molecular weight excluding hydrogens is 402 g/mol. The van der Waals surface area contributed by atoms with Gasteiger partial charge in [0.15, 0.2) is 0 Å². The summed E-state index contributed by atoms with van der Waals surface area (Å²) in [7, 11) is -3.39. The van der Waals surface area contributed by atoms with E-state index in [0.29, 0.717) is 42.0 Å². The lowest BCUT2D eigenvalue weighted by atomic mass is 10.1. The van der Waals surface area contributed by atoms with E-state index >= 15 is 0 Å². The van der Waals surface area contributed by atoms with Crippen molar-refractivity contribution >= 4 is 33.2 Å². The van der Waals surface area contributed by atoms with Gasteiger partial charge in [0.25, 0.3) is 11.8 Å². The van der Waals surface area contributed by atoms with Crippen molar-refractivity contribution in [2.24, 2.45) is 0 Å². The summed E-state index contributed by atoms with van der Waals surface area (Å²) in [6, 6.07) is 11.7. The van der Waals surface area contributed by atoms with Crippen molar-refractivity contribution in [3.63, 3.8) is 0 Å². The zero-order chi connectivity index (χ0) is 21.7. The van der Waals surface area contributed by atoms with Crippen LogP contribution in [0.1, 0.15) is 39.1 Å². The lowest BCUT2D eigenvalue weighted by Crippen LogP contribution is -2.38. The van der Waals surface area contributed by atoms with E-state index in [0.717, 1.165) is 12.0 Å². The van der Waals surface area contributed by atoms with E-state index < -0.39 is 15.9 Å². The van der Waals surface area contributed by atoms with Gasteiger partial charge < -0.3 is 10.6 Å². The first-order chi connectivity index (χ1) is 14.3. The number of para-hydroxylation sites is 1. The molecule has 2 N–H and O–H groups in total. The van der Waals surface area contributed by atoms with Crippen LogP contribution in [0.3, 0.4) is 0 Å². The van der Waals surface area contributed by atoms with Gasteiger partial charge in [0, 0.05) is 18.7 Å². The molecule has 1 heterocycles. The van der Waals surface area contributed by atoms with Crippen LogP contribution in [0.25, 0.3) is 0 Å². The average Bonchev–Trinajstić information content (AvgIpc) is 2.72. The molecule has 0 saturated carbocycles. The molecule has 2 amide bonds. The second-order valence-electron chi connectivity index (χ2n) is 7.09. The summed E-state index contributed by atoms with van der Waals surface area (Å²) < 4.78 is 26.4. The first kappa shape index (κ1) is 21.6. The largest absolute Gasteiger partial charge is 0.349 e. The second kappa shape index (κ2) is 9.13. The van der Waals surface area contributed by atoms with Gasteiger partial charge in [-0.2, -0.15) is 0 Å². The van der Waals surface area contributed by atoms with E-state index in [-0.39, 0.29) is 11.7 Å². The van der Waals surface area contributed by atoms with Gasteiger partial charge in [0.2, 0.25) is 10.0 Å². The normalized spacial score (nSPS) is 15.3. The number of aryl methyl sites for hydroxylation is 1. The zero-order valence-corrected chi connectivity index (χ0v) is 17.7. The third-order valence-electron chi connectivity index (χ3n) is 4.92. The fourth-order valence-electron chi connectivity index (χ4n) is 3.32. The summed E-state index contributed by atoms with van der Waals surface area (Å²) >= 11 is 0. The van der Waals surface area contributed by atoms with Crippen LogP contribution < -0.4 is 14.9 Å². The third kappa shape index (κ3) is 4.71. The molecule has 0 aromatic heterocycles. The van der Waals surface area contributed by atoms with E-state index in [2.05, 4.69) is 17.2 Å². The molecule has 2 aromatic rings. The number of hydrogen-bond acceptors (Lipinski definition) is 4. The summed E-state index contributed by atoms with van der Waals surface area (Å²) in [5.74, 6) is -0.639. The van der Waals surface area contributed by atoms with Gasteiger partial charge in [-0.1, -0.05) is 24.3 Å². The molecule has 8 heteroatoms. The molecule has 7 nitrogen and oxygen atoms in total. The first-order valence-electron chi connectivity index (χ1n) is 9.74. The topological polar surface area (TPSA) is 95.6 Å². The highest BCUT2D eigenvalue weighted by atomic mass is 32.2. The Balaban J connectivity index is 1.87. The van der Waals surface area contributed by atoms with Gasteiger partial charge in [0.1, 0.15) is 0 Å². The molecule has 30 heavy (non-hydrogen) atoms. The Morgan fingerprint density at radius 2 is 1.90 bits per heavy atom. The lowest BCUT2D eigenvalue weighted by molar-refractivity contribution is 0.0959. The Hall–Kier alpha value is -3.13. The van der Waals surface area contributed by atoms with Crippen molar-refractivity contribution < 1.29 is 18.0 Å². The predicted octanol–water partition coefficient (Wildman–Crippen LogP) is 3.09. The molecule has 2 aromatic carbocycles. The summed E-state index contributed by atoms with van der Waals surface area (Å²) in [4.78, 5) is 25.2. The number of sulfonamides is 1. The minimum Gasteiger partial charge on any atom is -0.349 e. The van der Waals surface area contributed by atoms with Crippen LogP contribution in [0.4, 0.5) is 11.4 Å². The zero-order valence-electron chi connectivity index (χ0n) is 16.8. The van der Waals surface area contributed by atoms with Gasteiger partial charge in [-0.3, -0.25) is 13.9 Å². The van der Waals surface area contributed by atoms with Gasteiger partial charge in [-0.15, -0.1) is 6.58 Å². The lowest BCUT2D eigenvalue weighted by Gasteiger charge is -2.29. The van der Waals surface area contributed by atoms with Gasteiger partial charge in [-0.25, -0.2) is 8.42 Å². The minimum absolute atomic E-state index is 0.107. The SMILES string of the molecule is C=CCNC(=O)c1ccccc1NC(=O)c1ccc(C)c(N2CCCCS2(=O)=O)c1. The Labute approximate surface area is 176 Å². The molecule has 1 aliphatic heterocycles. The van der Waals surface area contributed by atoms with Crippen molar-refractivity contribution in [2.45, 2.75) is 19.8 Å². The molecule has 158 valence electrons. The van der Waals surface area contributed by atoms with Crippen LogP contribution in [-0.2, 0) is 10.0 Å². The maximum Gasteiger partial charge on any atom is 0.255 e. The maximum absolute atomic E-state index is 12.9. The van der Waals surface area contributed by atoms with Crippen molar-refractivity contribution in [1.82, 2.24) is 5.32 Å². The highest BCUT2D eigenvalue weighted by molar-refractivity contribution is 7.92. The number of hydrogen-bond donors (Lipinski definition) is 2. The highest BCUT2D eigenvalue weighted by Crippen LogP contribution is 2.28. The average molecular weight is 428 g/mol. The number of rotatable bonds is 6. The number of carbonyl (C=O) groups is 2. The highest BCUT2D eigenvalue weighted by Gasteiger charge is 2.27. The van der Waals surface area contributed by atoms with E-state index in [1.165, 1.54) is 4.31 Å². The second-order valence-corrected chi connectivity index (χ2v) is 9.11. The summed E-state index contributed by atoms with van der Waals surface area (Å²) in [6.45, 7) is 6.10. The quantitative estimate of drug-likeness (QED) is 0.693. The van der Waals surface area contributed by atoms with E-state index in [1.54, 1.807) is 48.5 Å². The smallest absolute Gasteiger partial charge is 0.255 e. The Kier molecular flexibility index (Phi) is 6.56. The van der Waals surface area contributed by atoms with Crippen molar-refractivity contribution in [3.05, 3.63) is 71.8 Å². The monoisotopic (exact) mass is 427 g/mol. The third-order valence-corrected chi connectivity index (χ3v) is 6.77. The van der Waals surface area contributed by atoms with E-state index in [1.807, 2.05) is 6.92 Å². The van der Waals surface area contributed by atoms with Crippen molar-refractivity contribution in [2.75, 3.05) is 28.5 Å². The Morgan fingerprint density at radius 3 is 2.63 bits per heavy atom. The van der Waals surface area contributed by atoms with Crippen LogP contribution >= 0.6 is 0 Å². The van der Waals surface area contributed by atoms with Gasteiger partial charge in [0.05, 0.1) is 22.7 Å². The first-order valence-corrected chi connectivity index (χ1v) is 11.3. The number of carbonyl (C=O) groups excluding carboxylic acids is 2. The molecular formula is C22H25N3O4S. The number of benzene rings is 2. The fourth-order valence-corrected chi connectivity index (χ4v) is 5.02. The summed E-state index contributed by atoms with van der Waals surface area (Å²) in [5.41, 5.74) is 2.31. The Bertz CT molecular complexity index is 1080. The van der Waals surface area contributed by atoms with Gasteiger partial charge >= 0.3 is 0 Å². The number of nitrogens with one attached hydrogen (secondary N) is 2.